The largest absolute Gasteiger partial charge is 0.497 e. The Morgan fingerprint density at radius 2 is 1.92 bits per heavy atom. The molecule has 0 bridgehead atoms. The van der Waals surface area contributed by atoms with E-state index in [4.69, 9.17) is 13.9 Å². The molecule has 1 aromatic heterocycles. The van der Waals surface area contributed by atoms with Gasteiger partial charge < -0.3 is 13.9 Å². The van der Waals surface area contributed by atoms with Gasteiger partial charge in [-0.1, -0.05) is 46.3 Å². The van der Waals surface area contributed by atoms with Gasteiger partial charge in [0.05, 0.1) is 19.1 Å². The number of hydrogen-bond donors (Lipinski definition) is 0. The Labute approximate surface area is 148 Å². The van der Waals surface area contributed by atoms with Crippen LogP contribution in [0.1, 0.15) is 6.42 Å². The summed E-state index contributed by atoms with van der Waals surface area (Å²) in [6, 6.07) is 14.6. The van der Waals surface area contributed by atoms with Gasteiger partial charge in [-0.05, 0) is 18.6 Å². The second kappa shape index (κ2) is 7.53. The van der Waals surface area contributed by atoms with Crippen molar-refractivity contribution in [1.82, 2.24) is 0 Å². The lowest BCUT2D eigenvalue weighted by Crippen LogP contribution is -2.11. The highest BCUT2D eigenvalue weighted by Gasteiger charge is 2.18. The lowest BCUT2D eigenvalue weighted by atomic mass is 10.1. The molecule has 0 amide bonds. The van der Waals surface area contributed by atoms with Gasteiger partial charge in [0.1, 0.15) is 11.3 Å². The maximum atomic E-state index is 12.9. The van der Waals surface area contributed by atoms with Crippen LogP contribution >= 0.6 is 15.9 Å². The SMILES string of the molecule is COc1ccc2c(=O)c(OCCCBr)c(-c3ccccc3)oc2c1. The lowest BCUT2D eigenvalue weighted by molar-refractivity contribution is 0.310. The summed E-state index contributed by atoms with van der Waals surface area (Å²) in [4.78, 5) is 12.9. The van der Waals surface area contributed by atoms with Crippen LogP contribution in [0.3, 0.4) is 0 Å². The summed E-state index contributed by atoms with van der Waals surface area (Å²) in [6.07, 6.45) is 0.800. The molecule has 0 saturated carbocycles. The highest BCUT2D eigenvalue weighted by molar-refractivity contribution is 9.09. The molecule has 4 nitrogen and oxygen atoms in total. The van der Waals surface area contributed by atoms with Crippen molar-refractivity contribution in [3.05, 3.63) is 58.8 Å². The van der Waals surface area contributed by atoms with Gasteiger partial charge >= 0.3 is 0 Å². The molecule has 0 spiro atoms. The molecule has 3 rings (SSSR count). The summed E-state index contributed by atoms with van der Waals surface area (Å²) >= 11 is 3.37. The van der Waals surface area contributed by atoms with E-state index in [2.05, 4.69) is 15.9 Å². The highest BCUT2D eigenvalue weighted by Crippen LogP contribution is 2.32. The monoisotopic (exact) mass is 388 g/mol. The van der Waals surface area contributed by atoms with Crippen LogP contribution in [0.15, 0.2) is 57.7 Å². The van der Waals surface area contributed by atoms with Crippen LogP contribution in [0.4, 0.5) is 0 Å². The Balaban J connectivity index is 2.21. The van der Waals surface area contributed by atoms with Crippen LogP contribution in [0.5, 0.6) is 11.5 Å². The van der Waals surface area contributed by atoms with E-state index >= 15 is 0 Å². The van der Waals surface area contributed by atoms with Gasteiger partial charge in [-0.3, -0.25) is 4.79 Å². The Morgan fingerprint density at radius 3 is 2.62 bits per heavy atom. The molecule has 1 heterocycles. The molecular formula is C19H17BrO4. The minimum Gasteiger partial charge on any atom is -0.497 e. The van der Waals surface area contributed by atoms with Gasteiger partial charge in [-0.2, -0.15) is 0 Å². The van der Waals surface area contributed by atoms with Gasteiger partial charge in [0, 0.05) is 17.0 Å². The number of rotatable bonds is 6. The van der Waals surface area contributed by atoms with E-state index in [-0.39, 0.29) is 11.2 Å². The standard InChI is InChI=1S/C19H17BrO4/c1-22-14-8-9-15-16(12-14)24-18(13-6-3-2-4-7-13)19(17(15)21)23-11-5-10-20/h2-4,6-9,12H,5,10-11H2,1H3. The Kier molecular flexibility index (Phi) is 5.20. The van der Waals surface area contributed by atoms with Crippen LogP contribution < -0.4 is 14.9 Å². The zero-order valence-electron chi connectivity index (χ0n) is 13.3. The highest BCUT2D eigenvalue weighted by atomic mass is 79.9. The van der Waals surface area contributed by atoms with E-state index in [0.717, 1.165) is 17.3 Å². The third kappa shape index (κ3) is 3.31. The lowest BCUT2D eigenvalue weighted by Gasteiger charge is -2.12. The number of methoxy groups -OCH3 is 1. The minimum atomic E-state index is -0.174. The van der Waals surface area contributed by atoms with Gasteiger partial charge in [-0.15, -0.1) is 0 Å². The molecule has 0 N–H and O–H groups in total. The van der Waals surface area contributed by atoms with Gasteiger partial charge in [0.2, 0.25) is 11.2 Å². The predicted octanol–water partition coefficient (Wildman–Crippen LogP) is 4.63. The molecule has 124 valence electrons. The van der Waals surface area contributed by atoms with E-state index in [1.807, 2.05) is 30.3 Å². The van der Waals surface area contributed by atoms with Crippen molar-refractivity contribution in [2.45, 2.75) is 6.42 Å². The average molecular weight is 389 g/mol. The van der Waals surface area contributed by atoms with Crippen molar-refractivity contribution in [3.63, 3.8) is 0 Å². The Hall–Kier alpha value is -2.27. The number of benzene rings is 2. The molecule has 2 aromatic carbocycles. The molecule has 0 unspecified atom stereocenters. The summed E-state index contributed by atoms with van der Waals surface area (Å²) < 4.78 is 17.0. The van der Waals surface area contributed by atoms with E-state index in [1.54, 1.807) is 25.3 Å². The minimum absolute atomic E-state index is 0.174. The summed E-state index contributed by atoms with van der Waals surface area (Å²) in [6.45, 7) is 0.442. The third-order valence-electron chi connectivity index (χ3n) is 3.62. The average Bonchev–Trinajstić information content (AvgIpc) is 2.63. The summed E-state index contributed by atoms with van der Waals surface area (Å²) in [5, 5.41) is 1.29. The zero-order chi connectivity index (χ0) is 16.9. The molecule has 0 aliphatic rings. The fraction of sp³-hybridized carbons (Fsp3) is 0.211. The van der Waals surface area contributed by atoms with Gasteiger partial charge in [0.25, 0.3) is 0 Å². The quantitative estimate of drug-likeness (QED) is 0.456. The first kappa shape index (κ1) is 16.6. The first-order chi connectivity index (χ1) is 11.7. The van der Waals surface area contributed by atoms with Gasteiger partial charge in [0.15, 0.2) is 5.76 Å². The molecule has 24 heavy (non-hydrogen) atoms. The molecule has 0 fully saturated rings. The first-order valence-electron chi connectivity index (χ1n) is 7.63. The maximum Gasteiger partial charge on any atom is 0.235 e. The molecule has 0 aliphatic heterocycles. The summed E-state index contributed by atoms with van der Waals surface area (Å²) in [5.74, 6) is 1.33. The molecule has 0 aliphatic carbocycles. The second-order valence-corrected chi connectivity index (χ2v) is 6.00. The zero-order valence-corrected chi connectivity index (χ0v) is 14.8. The number of hydrogen-bond acceptors (Lipinski definition) is 4. The van der Waals surface area contributed by atoms with Gasteiger partial charge in [-0.25, -0.2) is 0 Å². The van der Waals surface area contributed by atoms with Crippen LogP contribution in [0.25, 0.3) is 22.3 Å². The van der Waals surface area contributed by atoms with Crippen LogP contribution in [-0.4, -0.2) is 19.0 Å². The molecule has 0 atom stereocenters. The Bertz CT molecular complexity index is 887. The number of alkyl halides is 1. The smallest absolute Gasteiger partial charge is 0.235 e. The molecule has 3 aromatic rings. The van der Waals surface area contributed by atoms with Crippen molar-refractivity contribution in [3.8, 4) is 22.8 Å². The fourth-order valence-corrected chi connectivity index (χ4v) is 2.65. The molecule has 5 heteroatoms. The van der Waals surface area contributed by atoms with Crippen molar-refractivity contribution in [1.29, 1.82) is 0 Å². The van der Waals surface area contributed by atoms with Crippen LogP contribution in [0, 0.1) is 0 Å². The maximum absolute atomic E-state index is 12.9. The number of fused-ring (bicyclic) bond motifs is 1. The number of ether oxygens (including phenoxy) is 2. The summed E-state index contributed by atoms with van der Waals surface area (Å²) in [7, 11) is 1.58. The van der Waals surface area contributed by atoms with E-state index in [9.17, 15) is 4.79 Å². The topological polar surface area (TPSA) is 48.7 Å². The molecular weight excluding hydrogens is 372 g/mol. The summed E-state index contributed by atoms with van der Waals surface area (Å²) in [5.41, 5.74) is 1.10. The van der Waals surface area contributed by atoms with Crippen LogP contribution in [-0.2, 0) is 0 Å². The normalized spacial score (nSPS) is 10.8. The predicted molar refractivity (Wildman–Crippen MR) is 98.4 cm³/mol. The third-order valence-corrected chi connectivity index (χ3v) is 4.18. The Morgan fingerprint density at radius 1 is 1.12 bits per heavy atom. The van der Waals surface area contributed by atoms with E-state index < -0.39 is 0 Å². The van der Waals surface area contributed by atoms with E-state index in [1.165, 1.54) is 0 Å². The van der Waals surface area contributed by atoms with E-state index in [0.29, 0.717) is 29.1 Å². The van der Waals surface area contributed by atoms with Crippen molar-refractivity contribution >= 4 is 26.9 Å². The van der Waals surface area contributed by atoms with Crippen molar-refractivity contribution in [2.75, 3.05) is 19.0 Å². The fourth-order valence-electron chi connectivity index (χ4n) is 2.42. The van der Waals surface area contributed by atoms with Crippen molar-refractivity contribution < 1.29 is 13.9 Å². The molecule has 0 radical (unpaired) electrons. The second-order valence-electron chi connectivity index (χ2n) is 5.21. The van der Waals surface area contributed by atoms with Crippen LogP contribution in [0.2, 0.25) is 0 Å². The number of halogens is 1. The van der Waals surface area contributed by atoms with Crippen molar-refractivity contribution in [2.24, 2.45) is 0 Å². The molecule has 0 saturated heterocycles. The first-order valence-corrected chi connectivity index (χ1v) is 8.75.